The Balaban J connectivity index is 1.77. The quantitative estimate of drug-likeness (QED) is 0.572. The van der Waals surface area contributed by atoms with Gasteiger partial charge in [0.05, 0.1) is 27.8 Å². The molecule has 1 aliphatic heterocycles. The second kappa shape index (κ2) is 8.52. The summed E-state index contributed by atoms with van der Waals surface area (Å²) in [5.74, 6) is 2.07. The van der Waals surface area contributed by atoms with Gasteiger partial charge in [0.1, 0.15) is 24.1 Å². The van der Waals surface area contributed by atoms with Gasteiger partial charge in [-0.2, -0.15) is 0 Å². The normalized spacial score (nSPS) is 20.2. The van der Waals surface area contributed by atoms with E-state index in [4.69, 9.17) is 9.47 Å². The number of benzene rings is 3. The van der Waals surface area contributed by atoms with Gasteiger partial charge in [-0.25, -0.2) is 0 Å². The minimum absolute atomic E-state index is 0.210. The first kappa shape index (κ1) is 21.1. The lowest BCUT2D eigenvalue weighted by Crippen LogP contribution is -2.51. The Morgan fingerprint density at radius 1 is 0.839 bits per heavy atom. The van der Waals surface area contributed by atoms with Gasteiger partial charge in [0, 0.05) is 24.0 Å². The Bertz CT molecular complexity index is 1050. The summed E-state index contributed by atoms with van der Waals surface area (Å²) in [6.45, 7) is 1.85. The molecule has 4 rings (SSSR count). The molecule has 1 aliphatic rings. The van der Waals surface area contributed by atoms with E-state index in [0.717, 1.165) is 41.9 Å². The van der Waals surface area contributed by atoms with Crippen molar-refractivity contribution in [2.45, 2.75) is 25.4 Å². The van der Waals surface area contributed by atoms with Crippen molar-refractivity contribution < 1.29 is 24.2 Å². The monoisotopic (exact) mass is 420 g/mol. The Kier molecular flexibility index (Phi) is 5.79. The third kappa shape index (κ3) is 4.32. The molecule has 0 saturated heterocycles. The molecule has 5 heteroatoms. The molecular formula is C26H30NO4+. The van der Waals surface area contributed by atoms with E-state index in [1.165, 1.54) is 22.3 Å². The number of fused-ring (bicyclic) bond motifs is 1. The van der Waals surface area contributed by atoms with Gasteiger partial charge in [-0.1, -0.05) is 12.1 Å². The van der Waals surface area contributed by atoms with E-state index < -0.39 is 0 Å². The van der Waals surface area contributed by atoms with Gasteiger partial charge in [-0.15, -0.1) is 0 Å². The van der Waals surface area contributed by atoms with Gasteiger partial charge < -0.3 is 24.2 Å². The number of aromatic hydroxyl groups is 2. The first-order chi connectivity index (χ1) is 14.9. The summed E-state index contributed by atoms with van der Waals surface area (Å²) < 4.78 is 12.0. The van der Waals surface area contributed by atoms with Crippen molar-refractivity contribution in [3.63, 3.8) is 0 Å². The molecular weight excluding hydrogens is 390 g/mol. The fourth-order valence-electron chi connectivity index (χ4n) is 4.72. The van der Waals surface area contributed by atoms with Crippen LogP contribution in [-0.4, -0.2) is 42.5 Å². The molecule has 2 atom stereocenters. The van der Waals surface area contributed by atoms with Gasteiger partial charge in [-0.05, 0) is 59.7 Å². The van der Waals surface area contributed by atoms with Crippen molar-refractivity contribution >= 4 is 0 Å². The summed E-state index contributed by atoms with van der Waals surface area (Å²) in [6, 6.07) is 19.4. The molecule has 0 radical (unpaired) electrons. The maximum Gasteiger partial charge on any atom is 0.161 e. The van der Waals surface area contributed by atoms with Crippen LogP contribution in [0.1, 0.15) is 28.3 Å². The number of hydrogen-bond acceptors (Lipinski definition) is 4. The van der Waals surface area contributed by atoms with Crippen LogP contribution in [0, 0.1) is 0 Å². The number of nitrogens with zero attached hydrogens (tertiary/aromatic N) is 1. The topological polar surface area (TPSA) is 58.9 Å². The smallest absolute Gasteiger partial charge is 0.161 e. The van der Waals surface area contributed by atoms with Crippen molar-refractivity contribution in [3.8, 4) is 23.0 Å². The van der Waals surface area contributed by atoms with Crippen LogP contribution in [0.4, 0.5) is 0 Å². The first-order valence-corrected chi connectivity index (χ1v) is 10.6. The number of methoxy groups -OCH3 is 2. The lowest BCUT2D eigenvalue weighted by molar-refractivity contribution is -0.954. The van der Waals surface area contributed by atoms with E-state index in [-0.39, 0.29) is 17.5 Å². The number of hydrogen-bond donors (Lipinski definition) is 2. The predicted octanol–water partition coefficient (Wildman–Crippen LogP) is 4.60. The average Bonchev–Trinajstić information content (AvgIpc) is 2.78. The highest BCUT2D eigenvalue weighted by atomic mass is 16.5. The van der Waals surface area contributed by atoms with Crippen LogP contribution in [0.2, 0.25) is 0 Å². The van der Waals surface area contributed by atoms with E-state index in [1.807, 2.05) is 24.3 Å². The zero-order valence-electron chi connectivity index (χ0n) is 18.3. The second-order valence-electron chi connectivity index (χ2n) is 8.57. The van der Waals surface area contributed by atoms with Crippen molar-refractivity contribution in [1.82, 2.24) is 0 Å². The van der Waals surface area contributed by atoms with Crippen LogP contribution in [0.15, 0.2) is 60.7 Å². The van der Waals surface area contributed by atoms with Gasteiger partial charge in [0.2, 0.25) is 0 Å². The minimum atomic E-state index is 0.210. The summed E-state index contributed by atoms with van der Waals surface area (Å²) >= 11 is 0. The molecule has 0 aliphatic carbocycles. The number of rotatable bonds is 6. The van der Waals surface area contributed by atoms with Crippen molar-refractivity contribution in [3.05, 3.63) is 82.9 Å². The molecule has 5 nitrogen and oxygen atoms in total. The molecule has 0 fully saturated rings. The Hall–Kier alpha value is -3.18. The Morgan fingerprint density at radius 3 is 1.97 bits per heavy atom. The average molecular weight is 421 g/mol. The second-order valence-corrected chi connectivity index (χ2v) is 8.57. The lowest BCUT2D eigenvalue weighted by Gasteiger charge is -2.46. The molecule has 1 heterocycles. The van der Waals surface area contributed by atoms with E-state index >= 15 is 0 Å². The van der Waals surface area contributed by atoms with Crippen LogP contribution in [0.25, 0.3) is 0 Å². The Labute approximate surface area is 183 Å². The third-order valence-electron chi connectivity index (χ3n) is 6.49. The molecule has 31 heavy (non-hydrogen) atoms. The van der Waals surface area contributed by atoms with Crippen LogP contribution in [0.5, 0.6) is 23.0 Å². The highest BCUT2D eigenvalue weighted by Crippen LogP contribution is 2.43. The molecule has 3 aromatic rings. The molecule has 0 bridgehead atoms. The van der Waals surface area contributed by atoms with Gasteiger partial charge in [-0.3, -0.25) is 0 Å². The summed E-state index contributed by atoms with van der Waals surface area (Å²) in [6.07, 6.45) is 1.80. The van der Waals surface area contributed by atoms with Crippen LogP contribution in [0.3, 0.4) is 0 Å². The number of phenolic OH excluding ortho intramolecular Hbond substituents is 2. The Morgan fingerprint density at radius 2 is 1.39 bits per heavy atom. The molecule has 0 spiro atoms. The number of quaternary nitrogens is 1. The maximum absolute atomic E-state index is 9.71. The van der Waals surface area contributed by atoms with Gasteiger partial charge in [0.15, 0.2) is 11.5 Å². The highest BCUT2D eigenvalue weighted by Gasteiger charge is 2.40. The van der Waals surface area contributed by atoms with Gasteiger partial charge in [0.25, 0.3) is 0 Å². The minimum Gasteiger partial charge on any atom is -0.508 e. The van der Waals surface area contributed by atoms with E-state index in [1.54, 1.807) is 38.5 Å². The zero-order valence-corrected chi connectivity index (χ0v) is 18.3. The molecule has 0 saturated carbocycles. The fraction of sp³-hybridized carbons (Fsp3) is 0.308. The summed E-state index contributed by atoms with van der Waals surface area (Å²) in [7, 11) is 5.65. The van der Waals surface area contributed by atoms with Gasteiger partial charge >= 0.3 is 0 Å². The summed E-state index contributed by atoms with van der Waals surface area (Å²) in [5.41, 5.74) is 4.95. The number of likely N-dealkylation sites (N-methyl/N-ethyl adjacent to an activating group) is 1. The fourth-order valence-corrected chi connectivity index (χ4v) is 4.72. The summed E-state index contributed by atoms with van der Waals surface area (Å²) in [5, 5.41) is 19.4. The zero-order chi connectivity index (χ0) is 22.0. The molecule has 162 valence electrons. The predicted molar refractivity (Wildman–Crippen MR) is 121 cm³/mol. The van der Waals surface area contributed by atoms with Crippen molar-refractivity contribution in [2.24, 2.45) is 0 Å². The van der Waals surface area contributed by atoms with Crippen molar-refractivity contribution in [1.29, 1.82) is 0 Å². The van der Waals surface area contributed by atoms with E-state index in [2.05, 4.69) is 19.2 Å². The first-order valence-electron chi connectivity index (χ1n) is 10.6. The SMILES string of the molecule is COc1cc2c(cc1OC)[C@@H](Cc1ccc(O)cc1)[N+](C)(Cc1ccc(O)cc1)CC2. The molecule has 3 aromatic carbocycles. The molecule has 0 amide bonds. The molecule has 0 aromatic heterocycles. The van der Waals surface area contributed by atoms with E-state index in [0.29, 0.717) is 0 Å². The molecule has 2 N–H and O–H groups in total. The number of ether oxygens (including phenoxy) is 2. The van der Waals surface area contributed by atoms with Crippen LogP contribution in [-0.2, 0) is 19.4 Å². The van der Waals surface area contributed by atoms with E-state index in [9.17, 15) is 10.2 Å². The standard InChI is InChI=1S/C26H29NO4/c1-27(17-19-6-10-22(29)11-7-19)13-12-20-15-25(30-2)26(31-3)16-23(20)24(27)14-18-4-8-21(28)9-5-18/h4-11,15-16,24H,12-14,17H2,1-3H3,(H-,28,29)/p+1/t24-,27?/m1/s1. The number of phenols is 2. The third-order valence-corrected chi connectivity index (χ3v) is 6.49. The largest absolute Gasteiger partial charge is 0.508 e. The van der Waals surface area contributed by atoms with Crippen LogP contribution < -0.4 is 9.47 Å². The highest BCUT2D eigenvalue weighted by molar-refractivity contribution is 5.49. The summed E-state index contributed by atoms with van der Waals surface area (Å²) in [4.78, 5) is 0. The molecule has 1 unspecified atom stereocenters. The van der Waals surface area contributed by atoms with Crippen LogP contribution >= 0.6 is 0 Å². The lowest BCUT2D eigenvalue weighted by atomic mass is 9.86. The van der Waals surface area contributed by atoms with Crippen molar-refractivity contribution in [2.75, 3.05) is 27.8 Å². The maximum atomic E-state index is 9.71.